The van der Waals surface area contributed by atoms with Crippen LogP contribution in [0.3, 0.4) is 0 Å². The van der Waals surface area contributed by atoms with Gasteiger partial charge in [0.2, 0.25) is 0 Å². The van der Waals surface area contributed by atoms with Gasteiger partial charge in [0.15, 0.2) is 0 Å². The molecule has 0 spiro atoms. The number of nitrogens with two attached hydrogens (primary N) is 1. The van der Waals surface area contributed by atoms with E-state index >= 15 is 0 Å². The quantitative estimate of drug-likeness (QED) is 0.847. The molecule has 1 fully saturated rings. The molecule has 16 heavy (non-hydrogen) atoms. The van der Waals surface area contributed by atoms with Gasteiger partial charge in [0.1, 0.15) is 11.9 Å². The molecule has 0 aromatic heterocycles. The molecule has 0 amide bonds. The maximum atomic E-state index is 13.2. The Morgan fingerprint density at radius 3 is 2.69 bits per heavy atom. The highest BCUT2D eigenvalue weighted by Gasteiger charge is 2.37. The third-order valence-electron chi connectivity index (χ3n) is 3.63. The molecule has 0 bridgehead atoms. The van der Waals surface area contributed by atoms with Crippen molar-refractivity contribution < 1.29 is 4.39 Å². The summed E-state index contributed by atoms with van der Waals surface area (Å²) in [4.78, 5) is 0. The van der Waals surface area contributed by atoms with E-state index in [4.69, 9.17) is 11.0 Å². The molecule has 0 heterocycles. The Labute approximate surface area is 94.9 Å². The van der Waals surface area contributed by atoms with Crippen LogP contribution < -0.4 is 5.73 Å². The fourth-order valence-electron chi connectivity index (χ4n) is 2.50. The van der Waals surface area contributed by atoms with Gasteiger partial charge in [-0.15, -0.1) is 0 Å². The number of hydrogen-bond acceptors (Lipinski definition) is 2. The summed E-state index contributed by atoms with van der Waals surface area (Å²) in [6.07, 6.45) is 4.31. The van der Waals surface area contributed by atoms with Crippen LogP contribution in [0.25, 0.3) is 0 Å². The zero-order valence-electron chi connectivity index (χ0n) is 9.17. The van der Waals surface area contributed by atoms with Crippen LogP contribution in [-0.2, 0) is 5.41 Å². The van der Waals surface area contributed by atoms with E-state index in [-0.39, 0.29) is 11.0 Å². The highest BCUT2D eigenvalue weighted by molar-refractivity contribution is 5.39. The standard InChI is InChI=1S/C13H15FN2/c14-12-3-2-11(8-10(12)9-16)13(6-7-15)4-1-5-13/h2-3,8H,1,4-7,15H2. The fraction of sp³-hybridized carbons (Fsp3) is 0.462. The van der Waals surface area contributed by atoms with Crippen molar-refractivity contribution in [3.63, 3.8) is 0 Å². The molecule has 1 aliphatic rings. The third-order valence-corrected chi connectivity index (χ3v) is 3.63. The molecule has 2 N–H and O–H groups in total. The molecular formula is C13H15FN2. The predicted octanol–water partition coefficient (Wildman–Crippen LogP) is 2.47. The molecule has 0 aliphatic heterocycles. The van der Waals surface area contributed by atoms with Gasteiger partial charge in [0, 0.05) is 0 Å². The van der Waals surface area contributed by atoms with Gasteiger partial charge in [-0.1, -0.05) is 12.5 Å². The van der Waals surface area contributed by atoms with Crippen molar-refractivity contribution in [2.24, 2.45) is 5.73 Å². The van der Waals surface area contributed by atoms with Crippen molar-refractivity contribution in [3.05, 3.63) is 35.1 Å². The summed E-state index contributed by atoms with van der Waals surface area (Å²) < 4.78 is 13.2. The van der Waals surface area contributed by atoms with E-state index in [1.807, 2.05) is 6.07 Å². The molecule has 1 aromatic rings. The van der Waals surface area contributed by atoms with Crippen molar-refractivity contribution in [2.45, 2.75) is 31.1 Å². The number of hydrogen-bond donors (Lipinski definition) is 1. The molecule has 2 nitrogen and oxygen atoms in total. The molecule has 3 heteroatoms. The lowest BCUT2D eigenvalue weighted by atomic mass is 9.62. The van der Waals surface area contributed by atoms with Gasteiger partial charge in [0.05, 0.1) is 5.56 Å². The van der Waals surface area contributed by atoms with E-state index in [1.54, 1.807) is 12.1 Å². The molecule has 0 radical (unpaired) electrons. The summed E-state index contributed by atoms with van der Waals surface area (Å²) in [6.45, 7) is 0.638. The monoisotopic (exact) mass is 218 g/mol. The smallest absolute Gasteiger partial charge is 0.140 e. The second kappa shape index (κ2) is 4.23. The number of benzene rings is 1. The zero-order chi connectivity index (χ0) is 11.6. The number of nitrogens with zero attached hydrogens (tertiary/aromatic N) is 1. The largest absolute Gasteiger partial charge is 0.330 e. The van der Waals surface area contributed by atoms with Crippen LogP contribution in [0.2, 0.25) is 0 Å². The highest BCUT2D eigenvalue weighted by atomic mass is 19.1. The molecule has 0 atom stereocenters. The number of rotatable bonds is 3. The van der Waals surface area contributed by atoms with Crippen LogP contribution in [0.1, 0.15) is 36.8 Å². The minimum absolute atomic E-state index is 0.105. The van der Waals surface area contributed by atoms with Gasteiger partial charge in [0.25, 0.3) is 0 Å². The van der Waals surface area contributed by atoms with Crippen LogP contribution in [0, 0.1) is 17.1 Å². The average molecular weight is 218 g/mol. The maximum Gasteiger partial charge on any atom is 0.140 e. The van der Waals surface area contributed by atoms with Crippen LogP contribution in [0.5, 0.6) is 0 Å². The molecular weight excluding hydrogens is 203 g/mol. The fourth-order valence-corrected chi connectivity index (χ4v) is 2.50. The van der Waals surface area contributed by atoms with Gasteiger partial charge in [-0.25, -0.2) is 4.39 Å². The Kier molecular flexibility index (Phi) is 2.93. The highest BCUT2D eigenvalue weighted by Crippen LogP contribution is 2.46. The van der Waals surface area contributed by atoms with Crippen molar-refractivity contribution in [2.75, 3.05) is 6.54 Å². The van der Waals surface area contributed by atoms with Crippen LogP contribution >= 0.6 is 0 Å². The molecule has 0 unspecified atom stereocenters. The first-order chi connectivity index (χ1) is 7.72. The second-order valence-corrected chi connectivity index (χ2v) is 4.48. The topological polar surface area (TPSA) is 49.8 Å². The summed E-state index contributed by atoms with van der Waals surface area (Å²) in [5.74, 6) is -0.437. The SMILES string of the molecule is N#Cc1cc(C2(CCN)CCC2)ccc1F. The summed E-state index contributed by atoms with van der Waals surface area (Å²) in [7, 11) is 0. The lowest BCUT2D eigenvalue weighted by Gasteiger charge is -2.42. The summed E-state index contributed by atoms with van der Waals surface area (Å²) >= 11 is 0. The van der Waals surface area contributed by atoms with Gasteiger partial charge in [-0.3, -0.25) is 0 Å². The van der Waals surface area contributed by atoms with Crippen LogP contribution in [-0.4, -0.2) is 6.54 Å². The summed E-state index contributed by atoms with van der Waals surface area (Å²) in [5, 5.41) is 8.81. The van der Waals surface area contributed by atoms with Gasteiger partial charge in [-0.05, 0) is 48.9 Å². The first kappa shape index (κ1) is 11.1. The Balaban J connectivity index is 2.36. The zero-order valence-corrected chi connectivity index (χ0v) is 9.17. The number of halogens is 1. The van der Waals surface area contributed by atoms with Crippen molar-refractivity contribution in [1.29, 1.82) is 5.26 Å². The molecule has 1 aliphatic carbocycles. The van der Waals surface area contributed by atoms with Gasteiger partial charge < -0.3 is 5.73 Å². The van der Waals surface area contributed by atoms with Crippen LogP contribution in [0.15, 0.2) is 18.2 Å². The van der Waals surface area contributed by atoms with E-state index in [0.717, 1.165) is 24.8 Å². The van der Waals surface area contributed by atoms with Crippen molar-refractivity contribution in [1.82, 2.24) is 0 Å². The second-order valence-electron chi connectivity index (χ2n) is 4.48. The summed E-state index contributed by atoms with van der Waals surface area (Å²) in [5.41, 5.74) is 6.94. The Bertz CT molecular complexity index is 430. The van der Waals surface area contributed by atoms with Gasteiger partial charge >= 0.3 is 0 Å². The first-order valence-electron chi connectivity index (χ1n) is 5.62. The normalized spacial score (nSPS) is 17.6. The van der Waals surface area contributed by atoms with E-state index in [1.165, 1.54) is 12.5 Å². The Morgan fingerprint density at radius 2 is 2.19 bits per heavy atom. The van der Waals surface area contributed by atoms with E-state index in [9.17, 15) is 4.39 Å². The minimum atomic E-state index is -0.437. The summed E-state index contributed by atoms with van der Waals surface area (Å²) in [6, 6.07) is 6.77. The van der Waals surface area contributed by atoms with E-state index in [2.05, 4.69) is 0 Å². The third kappa shape index (κ3) is 1.70. The van der Waals surface area contributed by atoms with Crippen LogP contribution in [0.4, 0.5) is 4.39 Å². The van der Waals surface area contributed by atoms with Gasteiger partial charge in [-0.2, -0.15) is 5.26 Å². The molecule has 84 valence electrons. The predicted molar refractivity (Wildman–Crippen MR) is 60.3 cm³/mol. The molecule has 1 saturated carbocycles. The average Bonchev–Trinajstić information content (AvgIpc) is 2.24. The van der Waals surface area contributed by atoms with E-state index in [0.29, 0.717) is 6.54 Å². The van der Waals surface area contributed by atoms with Crippen molar-refractivity contribution in [3.8, 4) is 6.07 Å². The lowest BCUT2D eigenvalue weighted by Crippen LogP contribution is -2.36. The van der Waals surface area contributed by atoms with E-state index < -0.39 is 5.82 Å². The lowest BCUT2D eigenvalue weighted by molar-refractivity contribution is 0.229. The molecule has 0 saturated heterocycles. The Morgan fingerprint density at radius 1 is 1.44 bits per heavy atom. The maximum absolute atomic E-state index is 13.2. The first-order valence-corrected chi connectivity index (χ1v) is 5.62. The molecule has 2 rings (SSSR count). The van der Waals surface area contributed by atoms with Crippen molar-refractivity contribution >= 4 is 0 Å². The minimum Gasteiger partial charge on any atom is -0.330 e. The Hall–Kier alpha value is -1.40. The molecule has 1 aromatic carbocycles. The number of nitriles is 1.